The van der Waals surface area contributed by atoms with E-state index in [1.165, 1.54) is 26.0 Å². The van der Waals surface area contributed by atoms with E-state index in [1.807, 2.05) is 11.3 Å². The molecule has 1 nitrogen and oxygen atoms in total. The molecule has 0 spiro atoms. The van der Waals surface area contributed by atoms with Crippen LogP contribution in [0.5, 0.6) is 0 Å². The summed E-state index contributed by atoms with van der Waals surface area (Å²) < 4.78 is 1.22. The molecule has 1 atom stereocenters. The minimum Gasteiger partial charge on any atom is -0.309 e. The van der Waals surface area contributed by atoms with Crippen LogP contribution in [0.2, 0.25) is 0 Å². The first-order chi connectivity index (χ1) is 9.63. The van der Waals surface area contributed by atoms with Crippen molar-refractivity contribution in [3.63, 3.8) is 0 Å². The van der Waals surface area contributed by atoms with Crippen molar-refractivity contribution in [2.75, 3.05) is 6.54 Å². The maximum absolute atomic E-state index is 3.70. The van der Waals surface area contributed by atoms with Crippen LogP contribution in [0.4, 0.5) is 0 Å². The number of halogens is 1. The molecule has 1 aromatic heterocycles. The fourth-order valence-electron chi connectivity index (χ4n) is 2.51. The molecule has 0 amide bonds. The van der Waals surface area contributed by atoms with Gasteiger partial charge in [-0.15, -0.1) is 11.3 Å². The van der Waals surface area contributed by atoms with E-state index in [9.17, 15) is 0 Å². The summed E-state index contributed by atoms with van der Waals surface area (Å²) in [6.45, 7) is 7.69. The van der Waals surface area contributed by atoms with Crippen molar-refractivity contribution in [1.82, 2.24) is 5.32 Å². The first kappa shape index (κ1) is 15.7. The van der Waals surface area contributed by atoms with Crippen molar-refractivity contribution in [3.05, 3.63) is 55.7 Å². The quantitative estimate of drug-likeness (QED) is 0.733. The van der Waals surface area contributed by atoms with Gasteiger partial charge in [0.1, 0.15) is 0 Å². The Labute approximate surface area is 134 Å². The predicted octanol–water partition coefficient (Wildman–Crippen LogP) is 5.41. The molecule has 3 heteroatoms. The Balaban J connectivity index is 2.26. The number of rotatable bonds is 6. The highest BCUT2D eigenvalue weighted by Crippen LogP contribution is 2.32. The van der Waals surface area contributed by atoms with Gasteiger partial charge in [-0.05, 0) is 77.3 Å². The van der Waals surface area contributed by atoms with Gasteiger partial charge in [0, 0.05) is 15.4 Å². The van der Waals surface area contributed by atoms with E-state index >= 15 is 0 Å². The largest absolute Gasteiger partial charge is 0.309 e. The summed E-state index contributed by atoms with van der Waals surface area (Å²) in [5, 5.41) is 5.85. The van der Waals surface area contributed by atoms with E-state index in [-0.39, 0.29) is 0 Å². The third-order valence-corrected chi connectivity index (χ3v) is 5.64. The molecule has 1 N–H and O–H groups in total. The van der Waals surface area contributed by atoms with Gasteiger partial charge in [-0.2, -0.15) is 0 Å². The number of hydrogen-bond donors (Lipinski definition) is 1. The normalized spacial score (nSPS) is 12.6. The minimum atomic E-state index is 0.393. The van der Waals surface area contributed by atoms with Crippen LogP contribution in [0.3, 0.4) is 0 Å². The molecule has 0 bridgehead atoms. The van der Waals surface area contributed by atoms with Crippen molar-refractivity contribution < 1.29 is 0 Å². The van der Waals surface area contributed by atoms with Gasteiger partial charge < -0.3 is 5.32 Å². The molecule has 0 saturated carbocycles. The lowest BCUT2D eigenvalue weighted by atomic mass is 9.95. The number of benzene rings is 1. The Morgan fingerprint density at radius 3 is 2.45 bits per heavy atom. The Morgan fingerprint density at radius 2 is 1.90 bits per heavy atom. The third kappa shape index (κ3) is 3.72. The van der Waals surface area contributed by atoms with Crippen molar-refractivity contribution in [2.45, 2.75) is 39.7 Å². The zero-order valence-corrected chi connectivity index (χ0v) is 14.8. The van der Waals surface area contributed by atoms with Gasteiger partial charge in [0.2, 0.25) is 0 Å². The summed E-state index contributed by atoms with van der Waals surface area (Å²) in [5.41, 5.74) is 4.25. The first-order valence-electron chi connectivity index (χ1n) is 7.14. The molecule has 2 rings (SSSR count). The van der Waals surface area contributed by atoms with Gasteiger partial charge >= 0.3 is 0 Å². The van der Waals surface area contributed by atoms with Gasteiger partial charge in [0.15, 0.2) is 0 Å². The number of hydrogen-bond acceptors (Lipinski definition) is 2. The summed E-state index contributed by atoms with van der Waals surface area (Å²) in [6.07, 6.45) is 2.21. The third-order valence-electron chi connectivity index (χ3n) is 3.65. The van der Waals surface area contributed by atoms with Crippen molar-refractivity contribution >= 4 is 27.3 Å². The highest BCUT2D eigenvalue weighted by Gasteiger charge is 2.17. The topological polar surface area (TPSA) is 12.0 Å². The van der Waals surface area contributed by atoms with E-state index in [4.69, 9.17) is 0 Å². The van der Waals surface area contributed by atoms with Gasteiger partial charge in [-0.3, -0.25) is 0 Å². The molecular weight excluding hydrogens is 330 g/mol. The molecular formula is C17H22BrNS. The van der Waals surface area contributed by atoms with E-state index < -0.39 is 0 Å². The standard InChI is InChI=1S/C17H22BrNS/c1-4-9-19-16(17-15(18)8-10-20-17)11-14-12(2)6-5-7-13(14)3/h5-8,10,16,19H,4,9,11H2,1-3H3. The highest BCUT2D eigenvalue weighted by molar-refractivity contribution is 9.10. The van der Waals surface area contributed by atoms with Crippen LogP contribution in [0.15, 0.2) is 34.1 Å². The molecule has 0 fully saturated rings. The SMILES string of the molecule is CCCNC(Cc1c(C)cccc1C)c1sccc1Br. The zero-order valence-electron chi connectivity index (χ0n) is 12.4. The number of aryl methyl sites for hydroxylation is 2. The summed E-state index contributed by atoms with van der Waals surface area (Å²) in [4.78, 5) is 1.40. The Hall–Kier alpha value is -0.640. The maximum atomic E-state index is 3.70. The van der Waals surface area contributed by atoms with Crippen LogP contribution in [0.25, 0.3) is 0 Å². The fraction of sp³-hybridized carbons (Fsp3) is 0.412. The molecule has 1 heterocycles. The molecule has 0 saturated heterocycles. The molecule has 0 aliphatic heterocycles. The summed E-state index contributed by atoms with van der Waals surface area (Å²) in [7, 11) is 0. The molecule has 1 aromatic carbocycles. The summed E-state index contributed by atoms with van der Waals surface area (Å²) in [6, 6.07) is 9.10. The predicted molar refractivity (Wildman–Crippen MR) is 92.7 cm³/mol. The molecule has 1 unspecified atom stereocenters. The molecule has 0 aliphatic rings. The second-order valence-electron chi connectivity index (χ2n) is 5.21. The van der Waals surface area contributed by atoms with Crippen LogP contribution in [-0.4, -0.2) is 6.54 Å². The van der Waals surface area contributed by atoms with Crippen molar-refractivity contribution in [1.29, 1.82) is 0 Å². The smallest absolute Gasteiger partial charge is 0.0467 e. The lowest BCUT2D eigenvalue weighted by molar-refractivity contribution is 0.533. The van der Waals surface area contributed by atoms with Crippen LogP contribution in [0, 0.1) is 13.8 Å². The lowest BCUT2D eigenvalue weighted by Gasteiger charge is -2.20. The molecule has 0 aliphatic carbocycles. The van der Waals surface area contributed by atoms with Gasteiger partial charge in [0.05, 0.1) is 0 Å². The molecule has 0 radical (unpaired) electrons. The van der Waals surface area contributed by atoms with E-state index in [1.54, 1.807) is 0 Å². The summed E-state index contributed by atoms with van der Waals surface area (Å²) >= 11 is 5.51. The average molecular weight is 352 g/mol. The van der Waals surface area contributed by atoms with E-state index in [0.717, 1.165) is 19.4 Å². The van der Waals surface area contributed by atoms with Crippen LogP contribution < -0.4 is 5.32 Å². The Kier molecular flexibility index (Phi) is 5.82. The molecule has 2 aromatic rings. The minimum absolute atomic E-state index is 0.393. The lowest BCUT2D eigenvalue weighted by Crippen LogP contribution is -2.24. The van der Waals surface area contributed by atoms with Crippen molar-refractivity contribution in [3.8, 4) is 0 Å². The van der Waals surface area contributed by atoms with Gasteiger partial charge in [-0.25, -0.2) is 0 Å². The van der Waals surface area contributed by atoms with Crippen LogP contribution >= 0.6 is 27.3 Å². The second kappa shape index (κ2) is 7.39. The number of nitrogens with one attached hydrogen (secondary N) is 1. The molecule has 108 valence electrons. The Morgan fingerprint density at radius 1 is 1.20 bits per heavy atom. The fourth-order valence-corrected chi connectivity index (χ4v) is 4.23. The number of thiophene rings is 1. The zero-order chi connectivity index (χ0) is 14.5. The average Bonchev–Trinajstić information content (AvgIpc) is 2.84. The molecule has 20 heavy (non-hydrogen) atoms. The van der Waals surface area contributed by atoms with Crippen LogP contribution in [0.1, 0.15) is 41.0 Å². The van der Waals surface area contributed by atoms with Crippen molar-refractivity contribution in [2.24, 2.45) is 0 Å². The second-order valence-corrected chi connectivity index (χ2v) is 7.02. The van der Waals surface area contributed by atoms with Crippen LogP contribution in [-0.2, 0) is 6.42 Å². The van der Waals surface area contributed by atoms with Gasteiger partial charge in [-0.1, -0.05) is 25.1 Å². The first-order valence-corrected chi connectivity index (χ1v) is 8.82. The highest BCUT2D eigenvalue weighted by atomic mass is 79.9. The van der Waals surface area contributed by atoms with E-state index in [2.05, 4.69) is 71.7 Å². The van der Waals surface area contributed by atoms with Gasteiger partial charge in [0.25, 0.3) is 0 Å². The van der Waals surface area contributed by atoms with E-state index in [0.29, 0.717) is 6.04 Å². The Bertz CT molecular complexity index is 542. The monoisotopic (exact) mass is 351 g/mol. The summed E-state index contributed by atoms with van der Waals surface area (Å²) in [5.74, 6) is 0. The maximum Gasteiger partial charge on any atom is 0.0467 e.